The molecule has 0 radical (unpaired) electrons. The van der Waals surface area contributed by atoms with E-state index in [1.807, 2.05) is 0 Å². The lowest BCUT2D eigenvalue weighted by Gasteiger charge is -2.30. The molecule has 1 atom stereocenters. The van der Waals surface area contributed by atoms with E-state index in [0.29, 0.717) is 0 Å². The van der Waals surface area contributed by atoms with Gasteiger partial charge >= 0.3 is 0 Å². The summed E-state index contributed by atoms with van der Waals surface area (Å²) in [5, 5.41) is 1.75. The van der Waals surface area contributed by atoms with Gasteiger partial charge in [-0.3, -0.25) is 0 Å². The van der Waals surface area contributed by atoms with Crippen LogP contribution in [0.4, 0.5) is 0 Å². The van der Waals surface area contributed by atoms with Gasteiger partial charge in [-0.2, -0.15) is 0 Å². The Kier molecular flexibility index (Phi) is 7.95. The third-order valence-electron chi connectivity index (χ3n) is 5.33. The first-order valence-electron chi connectivity index (χ1n) is 9.61. The van der Waals surface area contributed by atoms with Crippen molar-refractivity contribution >= 4 is 13.2 Å². The average Bonchev–Trinajstić information content (AvgIpc) is 2.58. The van der Waals surface area contributed by atoms with Gasteiger partial charge in [0, 0.05) is 0 Å². The smallest absolute Gasteiger partial charge is 0.0171 e. The minimum atomic E-state index is 0.0376. The topological polar surface area (TPSA) is 0 Å². The minimum Gasteiger partial charge on any atom is -0.0750 e. The fourth-order valence-corrected chi connectivity index (χ4v) is 6.40. The molecule has 1 aromatic carbocycles. The number of rotatable bonds is 8. The molecular weight excluding hydrogens is 283 g/mol. The van der Waals surface area contributed by atoms with E-state index in [0.717, 1.165) is 5.66 Å². The second-order valence-corrected chi connectivity index (χ2v) is 9.46. The largest absolute Gasteiger partial charge is 0.0750 e. The molecule has 0 nitrogen and oxygen atoms in total. The summed E-state index contributed by atoms with van der Waals surface area (Å²) in [7, 11) is 0.0376. The minimum absolute atomic E-state index is 0.0376. The molecule has 0 aliphatic heterocycles. The molecule has 1 aliphatic carbocycles. The van der Waals surface area contributed by atoms with Crippen molar-refractivity contribution in [2.24, 2.45) is 0 Å². The number of aryl methyl sites for hydroxylation is 1. The fourth-order valence-electron chi connectivity index (χ4n) is 3.86. The highest BCUT2D eigenvalue weighted by Crippen LogP contribution is 2.45. The van der Waals surface area contributed by atoms with E-state index >= 15 is 0 Å². The number of hydrogen-bond acceptors (Lipinski definition) is 0. The van der Waals surface area contributed by atoms with Gasteiger partial charge in [0.2, 0.25) is 0 Å². The maximum Gasteiger partial charge on any atom is -0.0171 e. The Labute approximate surface area is 139 Å². The zero-order chi connectivity index (χ0) is 15.8. The maximum atomic E-state index is 2.57. The Bertz CT molecular complexity index is 432. The molecular formula is C21H35P. The third kappa shape index (κ3) is 4.82. The van der Waals surface area contributed by atoms with Gasteiger partial charge in [-0.15, -0.1) is 0 Å². The summed E-state index contributed by atoms with van der Waals surface area (Å²) in [4.78, 5) is 0. The van der Waals surface area contributed by atoms with Crippen LogP contribution in [0.3, 0.4) is 0 Å². The van der Waals surface area contributed by atoms with Crippen molar-refractivity contribution in [1.82, 2.24) is 0 Å². The normalized spacial score (nSPS) is 17.6. The van der Waals surface area contributed by atoms with Crippen LogP contribution < -0.4 is 5.30 Å². The Balaban J connectivity index is 2.22. The number of unbranched alkanes of at least 4 members (excludes halogenated alkanes) is 2. The molecule has 0 spiro atoms. The monoisotopic (exact) mass is 318 g/mol. The van der Waals surface area contributed by atoms with Gasteiger partial charge < -0.3 is 0 Å². The van der Waals surface area contributed by atoms with Crippen molar-refractivity contribution in [3.05, 3.63) is 29.3 Å². The van der Waals surface area contributed by atoms with Crippen molar-refractivity contribution in [1.29, 1.82) is 0 Å². The first-order chi connectivity index (χ1) is 10.8. The van der Waals surface area contributed by atoms with Crippen LogP contribution in [0.2, 0.25) is 0 Å². The highest BCUT2D eigenvalue weighted by atomic mass is 31.1. The number of benzene rings is 1. The highest BCUT2D eigenvalue weighted by Gasteiger charge is 2.23. The Morgan fingerprint density at radius 1 is 0.955 bits per heavy atom. The quantitative estimate of drug-likeness (QED) is 0.484. The van der Waals surface area contributed by atoms with Crippen LogP contribution in [-0.2, 0) is 12.8 Å². The van der Waals surface area contributed by atoms with Gasteiger partial charge in [-0.05, 0) is 67.3 Å². The van der Waals surface area contributed by atoms with Crippen LogP contribution in [0.15, 0.2) is 18.2 Å². The van der Waals surface area contributed by atoms with E-state index in [9.17, 15) is 0 Å². The van der Waals surface area contributed by atoms with Crippen molar-refractivity contribution in [3.63, 3.8) is 0 Å². The third-order valence-corrected chi connectivity index (χ3v) is 8.12. The molecule has 1 saturated carbocycles. The zero-order valence-electron chi connectivity index (χ0n) is 15.0. The van der Waals surface area contributed by atoms with Gasteiger partial charge in [0.1, 0.15) is 0 Å². The molecule has 124 valence electrons. The van der Waals surface area contributed by atoms with Crippen LogP contribution in [-0.4, -0.2) is 12.3 Å². The van der Waals surface area contributed by atoms with Gasteiger partial charge in [-0.1, -0.05) is 72.1 Å². The summed E-state index contributed by atoms with van der Waals surface area (Å²) in [6.07, 6.45) is 15.3. The lowest BCUT2D eigenvalue weighted by atomic mass is 9.98. The fraction of sp³-hybridized carbons (Fsp3) is 0.714. The van der Waals surface area contributed by atoms with Gasteiger partial charge in [0.05, 0.1) is 0 Å². The van der Waals surface area contributed by atoms with Gasteiger partial charge in [0.25, 0.3) is 0 Å². The van der Waals surface area contributed by atoms with Crippen LogP contribution in [0.5, 0.6) is 0 Å². The predicted octanol–water partition coefficient (Wildman–Crippen LogP) is 6.44. The highest BCUT2D eigenvalue weighted by molar-refractivity contribution is 7.65. The second-order valence-electron chi connectivity index (χ2n) is 7.02. The van der Waals surface area contributed by atoms with Crippen molar-refractivity contribution < 1.29 is 0 Å². The van der Waals surface area contributed by atoms with Crippen LogP contribution in [0.25, 0.3) is 0 Å². The van der Waals surface area contributed by atoms with Crippen molar-refractivity contribution in [2.75, 3.05) is 6.66 Å². The van der Waals surface area contributed by atoms with E-state index in [1.54, 1.807) is 16.4 Å². The van der Waals surface area contributed by atoms with Crippen molar-refractivity contribution in [2.45, 2.75) is 90.1 Å². The summed E-state index contributed by atoms with van der Waals surface area (Å²) >= 11 is 0. The summed E-state index contributed by atoms with van der Waals surface area (Å²) in [6.45, 7) is 7.20. The van der Waals surface area contributed by atoms with Crippen LogP contribution in [0.1, 0.15) is 82.8 Å². The maximum absolute atomic E-state index is 2.57. The average molecular weight is 318 g/mol. The molecule has 0 amide bonds. The molecule has 2 rings (SSSR count). The van der Waals surface area contributed by atoms with E-state index in [1.165, 1.54) is 70.6 Å². The molecule has 0 bridgehead atoms. The van der Waals surface area contributed by atoms with Gasteiger partial charge in [-0.25, -0.2) is 0 Å². The molecule has 0 aromatic heterocycles. The van der Waals surface area contributed by atoms with E-state index < -0.39 is 0 Å². The zero-order valence-corrected chi connectivity index (χ0v) is 15.9. The number of hydrogen-bond donors (Lipinski definition) is 0. The first kappa shape index (κ1) is 18.0. The summed E-state index contributed by atoms with van der Waals surface area (Å²) in [6, 6.07) is 7.23. The molecule has 1 aliphatic rings. The van der Waals surface area contributed by atoms with Gasteiger partial charge in [0.15, 0.2) is 0 Å². The van der Waals surface area contributed by atoms with E-state index in [4.69, 9.17) is 0 Å². The molecule has 1 aromatic rings. The van der Waals surface area contributed by atoms with E-state index in [2.05, 4.69) is 38.7 Å². The van der Waals surface area contributed by atoms with Crippen molar-refractivity contribution in [3.8, 4) is 0 Å². The summed E-state index contributed by atoms with van der Waals surface area (Å²) < 4.78 is 0. The molecule has 1 heteroatoms. The van der Waals surface area contributed by atoms with Crippen LogP contribution >= 0.6 is 7.92 Å². The lowest BCUT2D eigenvalue weighted by Crippen LogP contribution is -2.20. The molecule has 1 unspecified atom stereocenters. The first-order valence-corrected chi connectivity index (χ1v) is 11.5. The van der Waals surface area contributed by atoms with E-state index in [-0.39, 0.29) is 7.92 Å². The predicted molar refractivity (Wildman–Crippen MR) is 103 cm³/mol. The second kappa shape index (κ2) is 9.71. The molecule has 1 fully saturated rings. The van der Waals surface area contributed by atoms with Crippen LogP contribution in [0, 0.1) is 0 Å². The Morgan fingerprint density at radius 2 is 1.64 bits per heavy atom. The lowest BCUT2D eigenvalue weighted by molar-refractivity contribution is 0.512. The molecule has 0 saturated heterocycles. The standard InChI is InChI=1S/C21H35P/c1-4-6-12-18-13-11-17-21(20(18)16-7-5-2)22(3)19-14-9-8-10-15-19/h11,13,17,19H,4-10,12,14-16H2,1-3H3. The Morgan fingerprint density at radius 3 is 2.32 bits per heavy atom. The summed E-state index contributed by atoms with van der Waals surface area (Å²) in [5.74, 6) is 0. The Hall–Kier alpha value is -0.350. The summed E-state index contributed by atoms with van der Waals surface area (Å²) in [5.41, 5.74) is 4.40. The molecule has 22 heavy (non-hydrogen) atoms. The SMILES string of the molecule is CCCCc1cccc(P(C)C2CCCCC2)c1CCCC. The molecule has 0 heterocycles. The molecule has 0 N–H and O–H groups in total.